The van der Waals surface area contributed by atoms with Gasteiger partial charge in [-0.05, 0) is 104 Å². The molecule has 2 fully saturated rings. The fourth-order valence-electron chi connectivity index (χ4n) is 8.88. The zero-order chi connectivity index (χ0) is 43.4. The minimum atomic E-state index is -1.25. The molecule has 2 saturated heterocycles. The lowest BCUT2D eigenvalue weighted by Gasteiger charge is -2.40. The predicted molar refractivity (Wildman–Crippen MR) is 219 cm³/mol. The van der Waals surface area contributed by atoms with E-state index in [1.807, 2.05) is 52.0 Å². The average Bonchev–Trinajstić information content (AvgIpc) is 3.79. The summed E-state index contributed by atoms with van der Waals surface area (Å²) < 4.78 is 26.7. The van der Waals surface area contributed by atoms with Gasteiger partial charge in [0.25, 0.3) is 0 Å². The molecule has 2 N–H and O–H groups in total. The molecule has 2 aliphatic rings. The van der Waals surface area contributed by atoms with Crippen molar-refractivity contribution in [3.05, 3.63) is 24.5 Å². The number of carbonyl (C=O) groups excluding carboxylic acids is 4. The lowest BCUT2D eigenvalue weighted by Crippen LogP contribution is -2.60. The molecule has 0 aromatic carbocycles. The summed E-state index contributed by atoms with van der Waals surface area (Å²) in [6.45, 7) is 16.4. The molecule has 17 nitrogen and oxygen atoms in total. The van der Waals surface area contributed by atoms with Crippen LogP contribution in [-0.4, -0.2) is 146 Å². The first-order chi connectivity index (χ1) is 28.1. The van der Waals surface area contributed by atoms with E-state index in [0.29, 0.717) is 63.1 Å². The van der Waals surface area contributed by atoms with Gasteiger partial charge in [0.05, 0.1) is 18.3 Å². The third-order valence-electron chi connectivity index (χ3n) is 12.1. The lowest BCUT2D eigenvalue weighted by atomic mass is 9.79. The Morgan fingerprint density at radius 2 is 1.81 bits per heavy atom. The summed E-state index contributed by atoms with van der Waals surface area (Å²) in [5.74, 6) is -3.72. The van der Waals surface area contributed by atoms with Crippen molar-refractivity contribution in [3.8, 4) is 11.4 Å². The van der Waals surface area contributed by atoms with Gasteiger partial charge < -0.3 is 39.1 Å². The van der Waals surface area contributed by atoms with Crippen LogP contribution in [0.1, 0.15) is 93.9 Å². The molecule has 17 heteroatoms. The first kappa shape index (κ1) is 47.8. The number of ketones is 1. The van der Waals surface area contributed by atoms with Gasteiger partial charge >= 0.3 is 12.1 Å². The molecule has 2 aromatic rings. The SMILES string of the molecule is CCO[C@@H](O[C@H]1[C@@H](CC=O)C[C@@H](C)CN[C@H](C)[C@H]2N(CCCCn3cc(-c4cccnn4)nn3)C(=O)O[C@]2(C)[C@@H](CC)OC(=O)[C@H](C)C(=O)[C@@H]1C)C(O)C(CC)N(C)C. The van der Waals surface area contributed by atoms with Gasteiger partial charge in [0, 0.05) is 50.3 Å². The number of hydrogen-bond donors (Lipinski definition) is 2. The second-order valence-corrected chi connectivity index (χ2v) is 16.7. The third-order valence-corrected chi connectivity index (χ3v) is 12.1. The number of esters is 1. The Balaban J connectivity index is 1.60. The Kier molecular flexibility index (Phi) is 17.9. The Hall–Kier alpha value is -3.90. The molecule has 0 saturated carbocycles. The molecule has 4 heterocycles. The first-order valence-electron chi connectivity index (χ1n) is 21.3. The van der Waals surface area contributed by atoms with Crippen molar-refractivity contribution < 1.29 is 43.2 Å². The largest absolute Gasteiger partial charge is 0.458 e. The maximum Gasteiger partial charge on any atom is 0.410 e. The van der Waals surface area contributed by atoms with Crippen molar-refractivity contribution in [2.24, 2.45) is 23.7 Å². The molecule has 2 aliphatic heterocycles. The number of Topliss-reactive ketones (excluding diaryl/α,β-unsaturated/α-hetero) is 1. The van der Waals surface area contributed by atoms with E-state index in [2.05, 4.69) is 32.7 Å². The number of rotatable bonds is 17. The summed E-state index contributed by atoms with van der Waals surface area (Å²) >= 11 is 0. The molecule has 12 atom stereocenters. The number of amides is 1. The number of aromatic nitrogens is 5. The fourth-order valence-corrected chi connectivity index (χ4v) is 8.88. The molecule has 0 bridgehead atoms. The Morgan fingerprint density at radius 3 is 2.44 bits per heavy atom. The summed E-state index contributed by atoms with van der Waals surface area (Å²) in [6.07, 6.45) is 2.66. The molecule has 0 aliphatic carbocycles. The molecule has 4 rings (SSSR count). The highest BCUT2D eigenvalue weighted by Gasteiger charge is 2.58. The number of nitrogens with zero attached hydrogens (tertiary/aromatic N) is 7. The van der Waals surface area contributed by atoms with Crippen molar-refractivity contribution in [2.75, 3.05) is 33.8 Å². The normalized spacial score (nSPS) is 30.2. The van der Waals surface area contributed by atoms with Crippen LogP contribution in [-0.2, 0) is 39.9 Å². The predicted octanol–water partition coefficient (Wildman–Crippen LogP) is 3.93. The molecular weight excluding hydrogens is 761 g/mol. The fraction of sp³-hybridized carbons (Fsp3) is 0.762. The minimum Gasteiger partial charge on any atom is -0.458 e. The number of ether oxygens (including phenoxy) is 4. The molecule has 2 unspecified atom stereocenters. The van der Waals surface area contributed by atoms with E-state index < -0.39 is 71.8 Å². The highest BCUT2D eigenvalue weighted by atomic mass is 16.7. The van der Waals surface area contributed by atoms with Crippen LogP contribution >= 0.6 is 0 Å². The van der Waals surface area contributed by atoms with Crippen molar-refractivity contribution in [2.45, 2.75) is 149 Å². The minimum absolute atomic E-state index is 0.0222. The summed E-state index contributed by atoms with van der Waals surface area (Å²) in [6, 6.07) is 2.44. The number of aliphatic hydroxyl groups is 1. The molecular formula is C42H68N8O9. The summed E-state index contributed by atoms with van der Waals surface area (Å²) in [5.41, 5.74) is -0.00930. The van der Waals surface area contributed by atoms with Crippen LogP contribution in [0.4, 0.5) is 4.79 Å². The second kappa shape index (κ2) is 22.1. The van der Waals surface area contributed by atoms with Crippen LogP contribution in [0.2, 0.25) is 0 Å². The van der Waals surface area contributed by atoms with Gasteiger partial charge in [-0.3, -0.25) is 19.2 Å². The summed E-state index contributed by atoms with van der Waals surface area (Å²) in [4.78, 5) is 58.0. The molecule has 1 amide bonds. The summed E-state index contributed by atoms with van der Waals surface area (Å²) in [5, 5.41) is 31.6. The lowest BCUT2D eigenvalue weighted by molar-refractivity contribution is -0.241. The van der Waals surface area contributed by atoms with Crippen LogP contribution in [0.25, 0.3) is 11.4 Å². The van der Waals surface area contributed by atoms with Gasteiger partial charge in [0.2, 0.25) is 0 Å². The van der Waals surface area contributed by atoms with E-state index in [4.69, 9.17) is 18.9 Å². The maximum atomic E-state index is 14.3. The number of fused-ring (bicyclic) bond motifs is 1. The van der Waals surface area contributed by atoms with Crippen LogP contribution in [0.5, 0.6) is 0 Å². The topological polar surface area (TPSA) is 200 Å². The maximum absolute atomic E-state index is 14.3. The number of carbonyl (C=O) groups is 4. The number of cyclic esters (lactones) is 1. The van der Waals surface area contributed by atoms with Crippen molar-refractivity contribution >= 4 is 24.1 Å². The summed E-state index contributed by atoms with van der Waals surface area (Å²) in [7, 11) is 3.73. The van der Waals surface area contributed by atoms with Gasteiger partial charge in [-0.1, -0.05) is 32.9 Å². The molecule has 59 heavy (non-hydrogen) atoms. The molecule has 2 aromatic heterocycles. The van der Waals surface area contributed by atoms with Crippen LogP contribution < -0.4 is 5.32 Å². The van der Waals surface area contributed by atoms with E-state index in [0.717, 1.165) is 6.29 Å². The first-order valence-corrected chi connectivity index (χ1v) is 21.3. The highest BCUT2D eigenvalue weighted by Crippen LogP contribution is 2.39. The number of aryl methyl sites for hydroxylation is 1. The number of aldehydes is 1. The van der Waals surface area contributed by atoms with E-state index >= 15 is 0 Å². The van der Waals surface area contributed by atoms with Gasteiger partial charge in [-0.15, -0.1) is 10.2 Å². The van der Waals surface area contributed by atoms with Crippen LogP contribution in [0.15, 0.2) is 24.5 Å². The van der Waals surface area contributed by atoms with Gasteiger partial charge in [-0.25, -0.2) is 4.79 Å². The van der Waals surface area contributed by atoms with Gasteiger partial charge in [-0.2, -0.15) is 5.10 Å². The highest BCUT2D eigenvalue weighted by molar-refractivity contribution is 6.00. The Labute approximate surface area is 349 Å². The van der Waals surface area contributed by atoms with Crippen molar-refractivity contribution in [1.29, 1.82) is 0 Å². The molecule has 330 valence electrons. The number of aliphatic hydroxyl groups excluding tert-OH is 1. The average molecular weight is 829 g/mol. The smallest absolute Gasteiger partial charge is 0.410 e. The standard InChI is InChI=1S/C42H68N8O9/c1-11-33(48(9)10)36(53)40(56-13-3)58-37-27(5)35(52)28(6)39(54)57-34(12-2)42(8)38(29(7)43-24-26(4)23-30(37)18-22-51)50(41(55)59-42)21-15-14-20-49-25-32(46-47-49)31-17-16-19-44-45-31/h16-17,19,22,25-30,33-34,36-38,40,43,53H,11-15,18,20-21,23-24H2,1-10H3/t26-,27+,28-,29-,30+,33?,34-,36?,37-,38-,40+,42-/m1/s1. The van der Waals surface area contributed by atoms with Crippen LogP contribution in [0.3, 0.4) is 0 Å². The Bertz CT molecular complexity index is 1650. The molecule has 0 radical (unpaired) electrons. The van der Waals surface area contributed by atoms with Crippen LogP contribution in [0, 0.1) is 23.7 Å². The van der Waals surface area contributed by atoms with E-state index in [9.17, 15) is 24.3 Å². The van der Waals surface area contributed by atoms with E-state index in [-0.39, 0.29) is 31.0 Å². The van der Waals surface area contributed by atoms with Crippen molar-refractivity contribution in [1.82, 2.24) is 40.3 Å². The Morgan fingerprint density at radius 1 is 1.08 bits per heavy atom. The number of nitrogens with one attached hydrogen (secondary N) is 1. The zero-order valence-electron chi connectivity index (χ0n) is 36.7. The van der Waals surface area contributed by atoms with Crippen molar-refractivity contribution in [3.63, 3.8) is 0 Å². The third kappa shape index (κ3) is 11.7. The second-order valence-electron chi connectivity index (χ2n) is 16.7. The van der Waals surface area contributed by atoms with Gasteiger partial charge in [0.1, 0.15) is 35.8 Å². The number of hydrogen-bond acceptors (Lipinski definition) is 15. The monoisotopic (exact) mass is 829 g/mol. The van der Waals surface area contributed by atoms with E-state index in [1.54, 1.807) is 42.6 Å². The van der Waals surface area contributed by atoms with E-state index in [1.165, 1.54) is 6.92 Å². The quantitative estimate of drug-likeness (QED) is 0.0764. The van der Waals surface area contributed by atoms with Gasteiger partial charge in [0.15, 0.2) is 17.7 Å². The molecule has 0 spiro atoms. The number of likely N-dealkylation sites (N-methyl/N-ethyl adjacent to an activating group) is 1. The zero-order valence-corrected chi connectivity index (χ0v) is 36.7. The number of unbranched alkanes of at least 4 members (excludes halogenated alkanes) is 1.